The number of amides is 1. The van der Waals surface area contributed by atoms with Gasteiger partial charge in [0, 0.05) is 19.1 Å². The number of esters is 2. The average molecular weight is 495 g/mol. The van der Waals surface area contributed by atoms with Gasteiger partial charge in [-0.25, -0.2) is 9.59 Å². The maximum Gasteiger partial charge on any atom is 0.355 e. The number of benzene rings is 2. The van der Waals surface area contributed by atoms with E-state index >= 15 is 0 Å². The number of rotatable bonds is 5. The summed E-state index contributed by atoms with van der Waals surface area (Å²) in [6.07, 6.45) is 0. The first-order valence-corrected chi connectivity index (χ1v) is 10.7. The zero-order valence-corrected chi connectivity index (χ0v) is 20.3. The van der Waals surface area contributed by atoms with Crippen LogP contribution < -0.4 is 10.6 Å². The smallest absolute Gasteiger partial charge is 0.355 e. The molecule has 0 fully saturated rings. The molecule has 3 rings (SSSR count). The van der Waals surface area contributed by atoms with Gasteiger partial charge in [0.2, 0.25) is 0 Å². The number of ether oxygens (including phenoxy) is 2. The number of allylic oxidation sites excluding steroid dienone is 1. The molecule has 9 nitrogen and oxygen atoms in total. The first-order chi connectivity index (χ1) is 16.7. The molecular formula is C25H23ClN4O5. The van der Waals surface area contributed by atoms with Crippen molar-refractivity contribution in [2.75, 3.05) is 33.2 Å². The highest BCUT2D eigenvalue weighted by Gasteiger charge is 2.43. The summed E-state index contributed by atoms with van der Waals surface area (Å²) in [4.78, 5) is 41.8. The second-order valence-corrected chi connectivity index (χ2v) is 8.13. The fraction of sp³-hybridized carbons (Fsp3) is 0.200. The summed E-state index contributed by atoms with van der Waals surface area (Å²) < 4.78 is 10.0. The van der Waals surface area contributed by atoms with Gasteiger partial charge in [0.25, 0.3) is 5.91 Å². The normalized spacial score (nSPS) is 15.4. The molecule has 2 aromatic carbocycles. The third kappa shape index (κ3) is 4.56. The summed E-state index contributed by atoms with van der Waals surface area (Å²) in [5.41, 5.74) is 6.80. The van der Waals surface area contributed by atoms with E-state index in [2.05, 4.69) is 6.07 Å². The van der Waals surface area contributed by atoms with Crippen LogP contribution in [-0.4, -0.2) is 51.1 Å². The molecule has 0 aromatic heterocycles. The van der Waals surface area contributed by atoms with Crippen LogP contribution in [0.5, 0.6) is 0 Å². The Morgan fingerprint density at radius 3 is 2.23 bits per heavy atom. The van der Waals surface area contributed by atoms with Gasteiger partial charge in [-0.15, -0.1) is 0 Å². The zero-order chi connectivity index (χ0) is 25.9. The van der Waals surface area contributed by atoms with Crippen LogP contribution in [0.25, 0.3) is 0 Å². The minimum absolute atomic E-state index is 0.0116. The minimum atomic E-state index is -1.01. The van der Waals surface area contributed by atoms with Crippen molar-refractivity contribution < 1.29 is 23.9 Å². The molecule has 2 aromatic rings. The van der Waals surface area contributed by atoms with Crippen LogP contribution in [-0.2, 0) is 19.1 Å². The summed E-state index contributed by atoms with van der Waals surface area (Å²) in [5.74, 6) is -3.38. The number of halogens is 1. The van der Waals surface area contributed by atoms with Crippen LogP contribution in [0.4, 0.5) is 5.69 Å². The van der Waals surface area contributed by atoms with E-state index in [0.29, 0.717) is 5.56 Å². The lowest BCUT2D eigenvalue weighted by Gasteiger charge is -2.36. The van der Waals surface area contributed by atoms with Gasteiger partial charge in [-0.3, -0.25) is 9.69 Å². The van der Waals surface area contributed by atoms with E-state index in [1.54, 1.807) is 44.4 Å². The van der Waals surface area contributed by atoms with Gasteiger partial charge in [0.05, 0.1) is 48.6 Å². The van der Waals surface area contributed by atoms with Crippen molar-refractivity contribution >= 4 is 35.1 Å². The van der Waals surface area contributed by atoms with Crippen molar-refractivity contribution in [1.29, 1.82) is 5.26 Å². The van der Waals surface area contributed by atoms with Gasteiger partial charge >= 0.3 is 11.9 Å². The number of hydrogen-bond donors (Lipinski definition) is 1. The molecule has 180 valence electrons. The Morgan fingerprint density at radius 1 is 1.06 bits per heavy atom. The molecule has 1 unspecified atom stereocenters. The van der Waals surface area contributed by atoms with Crippen molar-refractivity contribution in [3.63, 3.8) is 0 Å². The number of hydrogen-bond acceptors (Lipinski definition) is 8. The van der Waals surface area contributed by atoms with Crippen molar-refractivity contribution in [1.82, 2.24) is 4.90 Å². The second kappa shape index (κ2) is 10.3. The van der Waals surface area contributed by atoms with Gasteiger partial charge in [0.15, 0.2) is 0 Å². The topological polar surface area (TPSA) is 126 Å². The van der Waals surface area contributed by atoms with Gasteiger partial charge in [-0.05, 0) is 23.8 Å². The van der Waals surface area contributed by atoms with Gasteiger partial charge in [0.1, 0.15) is 11.5 Å². The van der Waals surface area contributed by atoms with Crippen molar-refractivity contribution in [2.45, 2.75) is 5.92 Å². The Balaban J connectivity index is 2.47. The molecular weight excluding hydrogens is 472 g/mol. The Kier molecular flexibility index (Phi) is 7.47. The SMILES string of the molecule is COC(=O)C1=C(C(=O)OC)N(c2ccc(Cl)cc2C(=O)N(C)C)C(N)=C(C#N)C1c1ccccc1. The molecule has 2 N–H and O–H groups in total. The number of carbonyl (C=O) groups excluding carboxylic acids is 3. The quantitative estimate of drug-likeness (QED) is 0.629. The lowest BCUT2D eigenvalue weighted by atomic mass is 9.80. The van der Waals surface area contributed by atoms with Crippen LogP contribution in [0.2, 0.25) is 5.02 Å². The van der Waals surface area contributed by atoms with Crippen LogP contribution in [0.3, 0.4) is 0 Å². The van der Waals surface area contributed by atoms with Crippen LogP contribution in [0.1, 0.15) is 21.8 Å². The average Bonchev–Trinajstić information content (AvgIpc) is 2.87. The monoisotopic (exact) mass is 494 g/mol. The maximum absolute atomic E-state index is 13.2. The number of methoxy groups -OCH3 is 2. The molecule has 0 saturated carbocycles. The Bertz CT molecular complexity index is 1290. The van der Waals surface area contributed by atoms with Crippen LogP contribution in [0.15, 0.2) is 71.2 Å². The van der Waals surface area contributed by atoms with E-state index in [-0.39, 0.29) is 38.9 Å². The van der Waals surface area contributed by atoms with E-state index in [1.165, 1.54) is 28.0 Å². The van der Waals surface area contributed by atoms with E-state index in [0.717, 1.165) is 14.2 Å². The molecule has 0 aliphatic carbocycles. The van der Waals surface area contributed by atoms with E-state index in [4.69, 9.17) is 26.8 Å². The molecule has 0 spiro atoms. The molecule has 1 amide bonds. The highest BCUT2D eigenvalue weighted by molar-refractivity contribution is 6.31. The van der Waals surface area contributed by atoms with Gasteiger partial charge in [-0.1, -0.05) is 41.9 Å². The first-order valence-electron chi connectivity index (χ1n) is 10.3. The third-order valence-electron chi connectivity index (χ3n) is 5.45. The summed E-state index contributed by atoms with van der Waals surface area (Å²) in [7, 11) is 5.40. The molecule has 1 atom stereocenters. The summed E-state index contributed by atoms with van der Waals surface area (Å²) >= 11 is 6.17. The fourth-order valence-corrected chi connectivity index (χ4v) is 4.05. The van der Waals surface area contributed by atoms with E-state index < -0.39 is 23.8 Å². The second-order valence-electron chi connectivity index (χ2n) is 7.70. The van der Waals surface area contributed by atoms with Gasteiger partial charge in [-0.2, -0.15) is 5.26 Å². The van der Waals surface area contributed by atoms with Crippen LogP contribution in [0, 0.1) is 11.3 Å². The maximum atomic E-state index is 13.2. The summed E-state index contributed by atoms with van der Waals surface area (Å²) in [5, 5.41) is 10.4. The third-order valence-corrected chi connectivity index (χ3v) is 5.68. The first kappa shape index (κ1) is 25.3. The van der Waals surface area contributed by atoms with E-state index in [9.17, 15) is 19.6 Å². The molecule has 0 saturated heterocycles. The Morgan fingerprint density at radius 2 is 1.69 bits per heavy atom. The number of nitriles is 1. The lowest BCUT2D eigenvalue weighted by molar-refractivity contribution is -0.139. The minimum Gasteiger partial charge on any atom is -0.466 e. The largest absolute Gasteiger partial charge is 0.466 e. The van der Waals surface area contributed by atoms with Crippen molar-refractivity contribution in [3.8, 4) is 6.07 Å². The molecule has 1 aliphatic heterocycles. The highest BCUT2D eigenvalue weighted by atomic mass is 35.5. The lowest BCUT2D eigenvalue weighted by Crippen LogP contribution is -2.41. The number of carbonyl (C=O) groups is 3. The van der Waals surface area contributed by atoms with E-state index in [1.807, 2.05) is 0 Å². The standard InChI is InChI=1S/C25H23ClN4O5/c1-29(2)23(31)16-12-15(26)10-11-18(16)30-21(25(33)35-4)20(24(32)34-3)19(17(13-27)22(30)28)14-8-6-5-7-9-14/h5-12,19H,28H2,1-4H3. The molecule has 0 radical (unpaired) electrons. The fourth-order valence-electron chi connectivity index (χ4n) is 3.88. The molecule has 1 heterocycles. The summed E-state index contributed by atoms with van der Waals surface area (Å²) in [6.45, 7) is 0. The predicted octanol–water partition coefficient (Wildman–Crippen LogP) is 2.94. The van der Waals surface area contributed by atoms with Gasteiger partial charge < -0.3 is 20.1 Å². The molecule has 10 heteroatoms. The molecule has 35 heavy (non-hydrogen) atoms. The molecule has 1 aliphatic rings. The predicted molar refractivity (Wildman–Crippen MR) is 129 cm³/mol. The van der Waals surface area contributed by atoms with Crippen LogP contribution >= 0.6 is 11.6 Å². The number of anilines is 1. The van der Waals surface area contributed by atoms with Crippen molar-refractivity contribution in [3.05, 3.63) is 87.3 Å². The Labute approximate surface area is 207 Å². The Hall–Kier alpha value is -4.29. The zero-order valence-electron chi connectivity index (χ0n) is 19.5. The number of nitrogens with two attached hydrogens (primary N) is 1. The highest BCUT2D eigenvalue weighted by Crippen LogP contribution is 2.44. The molecule has 0 bridgehead atoms. The van der Waals surface area contributed by atoms with Crippen molar-refractivity contribution in [2.24, 2.45) is 5.73 Å². The number of nitrogens with zero attached hydrogens (tertiary/aromatic N) is 3. The summed E-state index contributed by atoms with van der Waals surface area (Å²) in [6, 6.07) is 15.1.